The van der Waals surface area contributed by atoms with Gasteiger partial charge in [-0.2, -0.15) is 4.98 Å². The Labute approximate surface area is 122 Å². The maximum Gasteiger partial charge on any atom is 0.239 e. The monoisotopic (exact) mass is 290 g/mol. The van der Waals surface area contributed by atoms with Gasteiger partial charge in [-0.3, -0.25) is 0 Å². The molecule has 1 aliphatic rings. The van der Waals surface area contributed by atoms with Crippen molar-refractivity contribution in [1.29, 1.82) is 0 Å². The number of aromatic nitrogens is 2. The molecule has 1 atom stereocenters. The Morgan fingerprint density at radius 2 is 2.15 bits per heavy atom. The topological polar surface area (TPSA) is 48.2 Å². The van der Waals surface area contributed by atoms with E-state index in [1.165, 1.54) is 12.8 Å². The molecule has 0 amide bonds. The number of hydrogen-bond acceptors (Lipinski definition) is 5. The lowest BCUT2D eigenvalue weighted by atomic mass is 10.3. The zero-order valence-electron chi connectivity index (χ0n) is 11.5. The van der Waals surface area contributed by atoms with Crippen LogP contribution in [0.5, 0.6) is 5.75 Å². The highest BCUT2D eigenvalue weighted by molar-refractivity contribution is 7.99. The fourth-order valence-corrected chi connectivity index (χ4v) is 2.66. The van der Waals surface area contributed by atoms with Crippen LogP contribution < -0.4 is 4.74 Å². The van der Waals surface area contributed by atoms with E-state index < -0.39 is 0 Å². The fourth-order valence-electron chi connectivity index (χ4n) is 1.89. The minimum atomic E-state index is 0.217. The summed E-state index contributed by atoms with van der Waals surface area (Å²) in [7, 11) is 0. The van der Waals surface area contributed by atoms with Crippen LogP contribution in [0.2, 0.25) is 0 Å². The van der Waals surface area contributed by atoms with Crippen LogP contribution in [0, 0.1) is 0 Å². The second kappa shape index (κ2) is 6.31. The summed E-state index contributed by atoms with van der Waals surface area (Å²) >= 11 is 1.77. The van der Waals surface area contributed by atoms with Crippen molar-refractivity contribution in [3.05, 3.63) is 42.0 Å². The third kappa shape index (κ3) is 3.54. The van der Waals surface area contributed by atoms with E-state index in [4.69, 9.17) is 9.26 Å². The average molecular weight is 290 g/mol. The lowest BCUT2D eigenvalue weighted by molar-refractivity contribution is 0.343. The number of ether oxygens (including phenoxy) is 1. The molecule has 0 saturated heterocycles. The van der Waals surface area contributed by atoms with E-state index in [-0.39, 0.29) is 5.25 Å². The highest BCUT2D eigenvalue weighted by atomic mass is 32.2. The summed E-state index contributed by atoms with van der Waals surface area (Å²) in [6, 6.07) is 9.87. The van der Waals surface area contributed by atoms with Crippen LogP contribution in [0.15, 0.2) is 34.9 Å². The van der Waals surface area contributed by atoms with Crippen LogP contribution in [-0.4, -0.2) is 22.5 Å². The Morgan fingerprint density at radius 1 is 1.35 bits per heavy atom. The van der Waals surface area contributed by atoms with Gasteiger partial charge in [-0.25, -0.2) is 0 Å². The Morgan fingerprint density at radius 3 is 2.90 bits per heavy atom. The first-order chi connectivity index (χ1) is 9.83. The lowest BCUT2D eigenvalue weighted by Crippen LogP contribution is -2.02. The molecule has 1 fully saturated rings. The van der Waals surface area contributed by atoms with Gasteiger partial charge in [-0.15, -0.1) is 11.8 Å². The van der Waals surface area contributed by atoms with E-state index in [1.54, 1.807) is 11.8 Å². The molecule has 3 rings (SSSR count). The van der Waals surface area contributed by atoms with Crippen molar-refractivity contribution in [2.45, 2.75) is 30.9 Å². The van der Waals surface area contributed by atoms with Crippen LogP contribution in [0.25, 0.3) is 0 Å². The second-order valence-corrected chi connectivity index (χ2v) is 6.39. The number of hydrogen-bond donors (Lipinski definition) is 0. The predicted octanol–water partition coefficient (Wildman–Crippen LogP) is 3.82. The molecule has 0 spiro atoms. The Balaban J connectivity index is 1.41. The normalized spacial score (nSPS) is 16.1. The van der Waals surface area contributed by atoms with Crippen molar-refractivity contribution in [2.75, 3.05) is 12.4 Å². The first kappa shape index (κ1) is 13.5. The molecule has 0 bridgehead atoms. The van der Waals surface area contributed by atoms with Gasteiger partial charge in [-0.1, -0.05) is 23.4 Å². The van der Waals surface area contributed by atoms with Crippen LogP contribution in [0.1, 0.15) is 42.6 Å². The molecule has 0 radical (unpaired) electrons. The molecule has 1 saturated carbocycles. The molecule has 1 heterocycles. The van der Waals surface area contributed by atoms with Crippen LogP contribution in [0.4, 0.5) is 0 Å². The van der Waals surface area contributed by atoms with Crippen molar-refractivity contribution in [3.8, 4) is 5.75 Å². The van der Waals surface area contributed by atoms with Crippen molar-refractivity contribution in [3.63, 3.8) is 0 Å². The summed E-state index contributed by atoms with van der Waals surface area (Å²) in [5.41, 5.74) is 0. The summed E-state index contributed by atoms with van der Waals surface area (Å²) in [6.45, 7) is 2.78. The van der Waals surface area contributed by atoms with Crippen molar-refractivity contribution in [1.82, 2.24) is 10.1 Å². The predicted molar refractivity (Wildman–Crippen MR) is 79.1 cm³/mol. The van der Waals surface area contributed by atoms with E-state index in [0.29, 0.717) is 12.5 Å². The Bertz CT molecular complexity index is 540. The molecule has 1 aliphatic carbocycles. The van der Waals surface area contributed by atoms with E-state index in [0.717, 1.165) is 23.2 Å². The van der Waals surface area contributed by atoms with Gasteiger partial charge in [0.05, 0.1) is 11.9 Å². The second-order valence-electron chi connectivity index (χ2n) is 4.94. The molecule has 5 heteroatoms. The maximum absolute atomic E-state index is 5.66. The molecule has 106 valence electrons. The highest BCUT2D eigenvalue weighted by Crippen LogP contribution is 2.39. The molecule has 1 aromatic carbocycles. The molecule has 20 heavy (non-hydrogen) atoms. The van der Waals surface area contributed by atoms with E-state index in [9.17, 15) is 0 Å². The number of rotatable bonds is 7. The SMILES string of the molecule is CC(SCCOc1ccccc1)c1nc(C2CC2)no1. The Kier molecular flexibility index (Phi) is 4.25. The third-order valence-corrected chi connectivity index (χ3v) is 4.31. The minimum absolute atomic E-state index is 0.217. The first-order valence-electron chi connectivity index (χ1n) is 6.96. The van der Waals surface area contributed by atoms with E-state index in [2.05, 4.69) is 17.1 Å². The molecule has 0 N–H and O–H groups in total. The quantitative estimate of drug-likeness (QED) is 0.725. The fraction of sp³-hybridized carbons (Fsp3) is 0.467. The van der Waals surface area contributed by atoms with Gasteiger partial charge in [0.15, 0.2) is 5.82 Å². The number of benzene rings is 1. The number of para-hydroxylation sites is 1. The van der Waals surface area contributed by atoms with Crippen molar-refractivity contribution < 1.29 is 9.26 Å². The van der Waals surface area contributed by atoms with Crippen molar-refractivity contribution in [2.24, 2.45) is 0 Å². The Hall–Kier alpha value is -1.49. The van der Waals surface area contributed by atoms with Gasteiger partial charge in [-0.05, 0) is 31.9 Å². The van der Waals surface area contributed by atoms with Crippen molar-refractivity contribution >= 4 is 11.8 Å². The van der Waals surface area contributed by atoms with Gasteiger partial charge < -0.3 is 9.26 Å². The molecule has 1 unspecified atom stereocenters. The van der Waals surface area contributed by atoms with Gasteiger partial charge in [0.2, 0.25) is 5.89 Å². The summed E-state index contributed by atoms with van der Waals surface area (Å²) in [5.74, 6) is 3.97. The summed E-state index contributed by atoms with van der Waals surface area (Å²) in [6.07, 6.45) is 2.40. The van der Waals surface area contributed by atoms with Gasteiger partial charge in [0, 0.05) is 11.7 Å². The first-order valence-corrected chi connectivity index (χ1v) is 8.01. The van der Waals surface area contributed by atoms with Crippen LogP contribution in [-0.2, 0) is 0 Å². The zero-order chi connectivity index (χ0) is 13.8. The molecular formula is C15H18N2O2S. The molecule has 0 aliphatic heterocycles. The van der Waals surface area contributed by atoms with Gasteiger partial charge in [0.1, 0.15) is 5.75 Å². The average Bonchev–Trinajstić information content (AvgIpc) is 3.22. The highest BCUT2D eigenvalue weighted by Gasteiger charge is 2.29. The smallest absolute Gasteiger partial charge is 0.239 e. The van der Waals surface area contributed by atoms with Gasteiger partial charge in [0.25, 0.3) is 0 Å². The summed E-state index contributed by atoms with van der Waals surface area (Å²) in [4.78, 5) is 4.47. The van der Waals surface area contributed by atoms with Crippen LogP contribution >= 0.6 is 11.8 Å². The molecule has 1 aromatic heterocycles. The van der Waals surface area contributed by atoms with E-state index in [1.807, 2.05) is 30.3 Å². The molecular weight excluding hydrogens is 272 g/mol. The molecule has 2 aromatic rings. The minimum Gasteiger partial charge on any atom is -0.493 e. The summed E-state index contributed by atoms with van der Waals surface area (Å²) < 4.78 is 11.0. The third-order valence-electron chi connectivity index (χ3n) is 3.21. The van der Waals surface area contributed by atoms with E-state index >= 15 is 0 Å². The lowest BCUT2D eigenvalue weighted by Gasteiger charge is -2.08. The van der Waals surface area contributed by atoms with Crippen LogP contribution in [0.3, 0.4) is 0 Å². The standard InChI is InChI=1S/C15H18N2O2S/c1-11(15-16-14(17-19-15)12-7-8-12)20-10-9-18-13-5-3-2-4-6-13/h2-6,11-12H,7-10H2,1H3. The summed E-state index contributed by atoms with van der Waals surface area (Å²) in [5, 5.41) is 4.26. The van der Waals surface area contributed by atoms with Gasteiger partial charge >= 0.3 is 0 Å². The zero-order valence-corrected chi connectivity index (χ0v) is 12.3. The maximum atomic E-state index is 5.66. The molecule has 4 nitrogen and oxygen atoms in total. The largest absolute Gasteiger partial charge is 0.493 e. The number of nitrogens with zero attached hydrogens (tertiary/aromatic N) is 2. The number of thioether (sulfide) groups is 1.